The van der Waals surface area contributed by atoms with E-state index in [1.54, 1.807) is 28.4 Å². The van der Waals surface area contributed by atoms with Crippen LogP contribution in [0.2, 0.25) is 0 Å². The molecule has 1 N–H and O–H groups in total. The zero-order chi connectivity index (χ0) is 23.3. The van der Waals surface area contributed by atoms with Gasteiger partial charge in [0.2, 0.25) is 0 Å². The molecule has 7 heteroatoms. The molecule has 4 unspecified atom stereocenters. The molecule has 5 rings (SSSR count). The summed E-state index contributed by atoms with van der Waals surface area (Å²) in [6.45, 7) is 4.22. The number of ether oxygens (including phenoxy) is 4. The number of hydrogen-bond acceptors (Lipinski definition) is 7. The molecular weight excluding hydrogens is 420 g/mol. The van der Waals surface area contributed by atoms with Gasteiger partial charge in [-0.2, -0.15) is 0 Å². The van der Waals surface area contributed by atoms with Crippen molar-refractivity contribution < 1.29 is 24.1 Å². The fourth-order valence-electron chi connectivity index (χ4n) is 6.40. The van der Waals surface area contributed by atoms with Crippen molar-refractivity contribution in [3.8, 4) is 23.0 Å². The van der Waals surface area contributed by atoms with E-state index in [0.717, 1.165) is 48.7 Å². The van der Waals surface area contributed by atoms with Crippen LogP contribution in [-0.2, 0) is 12.8 Å². The van der Waals surface area contributed by atoms with Gasteiger partial charge in [0.1, 0.15) is 0 Å². The number of hydrogen-bond donors (Lipinski definition) is 1. The van der Waals surface area contributed by atoms with Gasteiger partial charge >= 0.3 is 0 Å². The number of fused-ring (bicyclic) bond motifs is 7. The smallest absolute Gasteiger partial charge is 0.161 e. The Morgan fingerprint density at radius 2 is 1.36 bits per heavy atom. The zero-order valence-corrected chi connectivity index (χ0v) is 20.1. The second kappa shape index (κ2) is 8.70. The monoisotopic (exact) mass is 454 g/mol. The van der Waals surface area contributed by atoms with Gasteiger partial charge < -0.3 is 24.1 Å². The predicted octanol–water partition coefficient (Wildman–Crippen LogP) is 2.98. The molecule has 3 aliphatic heterocycles. The molecule has 7 nitrogen and oxygen atoms in total. The summed E-state index contributed by atoms with van der Waals surface area (Å²) < 4.78 is 22.5. The normalized spacial score (nSPS) is 26.1. The van der Waals surface area contributed by atoms with E-state index in [9.17, 15) is 5.11 Å². The SMILES string of the molecule is CCN1C2Cc3cc(OC)c(OC)cc3C1C1Cc3cc(OC)c(OC)cc3C(CO)N1C2. The van der Waals surface area contributed by atoms with Crippen molar-refractivity contribution in [3.63, 3.8) is 0 Å². The molecule has 0 aromatic heterocycles. The van der Waals surface area contributed by atoms with Gasteiger partial charge in [-0.15, -0.1) is 0 Å². The summed E-state index contributed by atoms with van der Waals surface area (Å²) in [4.78, 5) is 5.16. The van der Waals surface area contributed by atoms with Crippen molar-refractivity contribution >= 4 is 0 Å². The van der Waals surface area contributed by atoms with E-state index in [1.807, 2.05) is 0 Å². The van der Waals surface area contributed by atoms with Gasteiger partial charge in [0.25, 0.3) is 0 Å². The van der Waals surface area contributed by atoms with Crippen LogP contribution in [0.25, 0.3) is 0 Å². The summed E-state index contributed by atoms with van der Waals surface area (Å²) in [7, 11) is 6.72. The van der Waals surface area contributed by atoms with Crippen LogP contribution in [-0.4, -0.2) is 75.1 Å². The van der Waals surface area contributed by atoms with Crippen molar-refractivity contribution in [1.29, 1.82) is 0 Å². The lowest BCUT2D eigenvalue weighted by molar-refractivity contribution is -0.0672. The third-order valence-electron chi connectivity index (χ3n) is 7.83. The van der Waals surface area contributed by atoms with Gasteiger partial charge in [0.15, 0.2) is 23.0 Å². The van der Waals surface area contributed by atoms with Crippen LogP contribution in [0.4, 0.5) is 0 Å². The Labute approximate surface area is 195 Å². The quantitative estimate of drug-likeness (QED) is 0.720. The third kappa shape index (κ3) is 3.36. The van der Waals surface area contributed by atoms with Crippen molar-refractivity contribution in [2.45, 2.75) is 43.9 Å². The summed E-state index contributed by atoms with van der Waals surface area (Å²) in [5.74, 6) is 3.00. The Morgan fingerprint density at radius 1 is 0.818 bits per heavy atom. The number of benzene rings is 2. The highest BCUT2D eigenvalue weighted by atomic mass is 16.5. The molecule has 178 valence electrons. The molecule has 3 heterocycles. The maximum atomic E-state index is 10.5. The number of rotatable bonds is 6. The molecule has 2 bridgehead atoms. The van der Waals surface area contributed by atoms with E-state index < -0.39 is 0 Å². The summed E-state index contributed by atoms with van der Waals surface area (Å²) in [6, 6.07) is 9.24. The fourth-order valence-corrected chi connectivity index (χ4v) is 6.40. The number of piperazine rings is 1. The number of aliphatic hydroxyl groups excluding tert-OH is 1. The molecule has 4 atom stereocenters. The van der Waals surface area contributed by atoms with E-state index in [4.69, 9.17) is 18.9 Å². The highest BCUT2D eigenvalue weighted by molar-refractivity contribution is 5.53. The Balaban J connectivity index is 1.64. The van der Waals surface area contributed by atoms with E-state index >= 15 is 0 Å². The second-order valence-corrected chi connectivity index (χ2v) is 9.11. The van der Waals surface area contributed by atoms with Gasteiger partial charge in [-0.3, -0.25) is 9.80 Å². The fraction of sp³-hybridized carbons (Fsp3) is 0.538. The molecular formula is C26H34N2O5. The van der Waals surface area contributed by atoms with Crippen molar-refractivity contribution in [3.05, 3.63) is 46.5 Å². The third-order valence-corrected chi connectivity index (χ3v) is 7.83. The molecule has 0 radical (unpaired) electrons. The number of likely N-dealkylation sites (N-methyl/N-ethyl adjacent to an activating group) is 1. The molecule has 0 aliphatic carbocycles. The average molecular weight is 455 g/mol. The van der Waals surface area contributed by atoms with E-state index in [-0.39, 0.29) is 24.7 Å². The lowest BCUT2D eigenvalue weighted by Crippen LogP contribution is -2.64. The van der Waals surface area contributed by atoms with E-state index in [0.29, 0.717) is 11.8 Å². The highest BCUT2D eigenvalue weighted by Crippen LogP contribution is 2.50. The maximum absolute atomic E-state index is 10.5. The second-order valence-electron chi connectivity index (χ2n) is 9.11. The standard InChI is InChI=1S/C26H34N2O5/c1-6-27-17-7-15-9-22(30-2)25(33-5)12-19(15)26(27)20-8-16-10-23(31-3)24(32-4)11-18(16)21(14-29)28(20)13-17/h9-12,17,20-21,26,29H,6-8,13-14H2,1-5H3. The molecule has 3 aliphatic rings. The first kappa shape index (κ1) is 22.3. The minimum Gasteiger partial charge on any atom is -0.493 e. The van der Waals surface area contributed by atoms with Crippen molar-refractivity contribution in [1.82, 2.24) is 9.80 Å². The molecule has 2 aromatic carbocycles. The molecule has 0 saturated carbocycles. The van der Waals surface area contributed by atoms with Crippen LogP contribution in [0.15, 0.2) is 24.3 Å². The van der Waals surface area contributed by atoms with Crippen LogP contribution < -0.4 is 18.9 Å². The zero-order valence-electron chi connectivity index (χ0n) is 20.1. The predicted molar refractivity (Wildman–Crippen MR) is 126 cm³/mol. The number of methoxy groups -OCH3 is 4. The summed E-state index contributed by atoms with van der Waals surface area (Å²) >= 11 is 0. The Morgan fingerprint density at radius 3 is 1.91 bits per heavy atom. The summed E-state index contributed by atoms with van der Waals surface area (Å²) in [5.41, 5.74) is 5.00. The minimum absolute atomic E-state index is 0.0655. The van der Waals surface area contributed by atoms with Gasteiger partial charge in [0, 0.05) is 18.6 Å². The largest absolute Gasteiger partial charge is 0.493 e. The molecule has 0 amide bonds. The lowest BCUT2D eigenvalue weighted by atomic mass is 9.75. The van der Waals surface area contributed by atoms with Gasteiger partial charge in [-0.1, -0.05) is 6.92 Å². The summed E-state index contributed by atoms with van der Waals surface area (Å²) in [5, 5.41) is 10.5. The van der Waals surface area contributed by atoms with Crippen LogP contribution in [0, 0.1) is 0 Å². The first-order valence-electron chi connectivity index (χ1n) is 11.7. The number of nitrogens with zero attached hydrogens (tertiary/aromatic N) is 2. The Hall–Kier alpha value is -2.48. The van der Waals surface area contributed by atoms with Gasteiger partial charge in [0.05, 0.1) is 47.1 Å². The molecule has 2 aromatic rings. The van der Waals surface area contributed by atoms with Gasteiger partial charge in [-0.05, 0) is 65.9 Å². The lowest BCUT2D eigenvalue weighted by Gasteiger charge is -2.58. The molecule has 1 fully saturated rings. The topological polar surface area (TPSA) is 63.6 Å². The van der Waals surface area contributed by atoms with E-state index in [1.165, 1.54) is 16.7 Å². The van der Waals surface area contributed by atoms with Crippen LogP contribution in [0.5, 0.6) is 23.0 Å². The van der Waals surface area contributed by atoms with Crippen molar-refractivity contribution in [2.24, 2.45) is 0 Å². The first-order valence-corrected chi connectivity index (χ1v) is 11.7. The highest BCUT2D eigenvalue weighted by Gasteiger charge is 2.50. The first-order chi connectivity index (χ1) is 16.1. The van der Waals surface area contributed by atoms with Crippen LogP contribution in [0.1, 0.15) is 41.3 Å². The van der Waals surface area contributed by atoms with Crippen molar-refractivity contribution in [2.75, 3.05) is 48.1 Å². The number of aliphatic hydroxyl groups is 1. The maximum Gasteiger partial charge on any atom is 0.161 e. The van der Waals surface area contributed by atoms with Crippen LogP contribution in [0.3, 0.4) is 0 Å². The van der Waals surface area contributed by atoms with Crippen LogP contribution >= 0.6 is 0 Å². The van der Waals surface area contributed by atoms with E-state index in [2.05, 4.69) is 41.0 Å². The Bertz CT molecular complexity index is 1040. The Kier molecular flexibility index (Phi) is 5.89. The molecule has 0 spiro atoms. The average Bonchev–Trinajstić information content (AvgIpc) is 2.85. The summed E-state index contributed by atoms with van der Waals surface area (Å²) in [6.07, 6.45) is 1.84. The van der Waals surface area contributed by atoms with Gasteiger partial charge in [-0.25, -0.2) is 0 Å². The minimum atomic E-state index is -0.0655. The molecule has 33 heavy (non-hydrogen) atoms. The molecule has 1 saturated heterocycles.